The van der Waals surface area contributed by atoms with Crippen molar-refractivity contribution in [2.75, 3.05) is 13.2 Å². The molecular weight excluding hydrogens is 156 g/mol. The van der Waals surface area contributed by atoms with Gasteiger partial charge in [-0.3, -0.25) is 0 Å². The summed E-state index contributed by atoms with van der Waals surface area (Å²) in [6.45, 7) is 2.59. The number of carbonyl (C=O) groups excluding carboxylic acids is 1. The summed E-state index contributed by atoms with van der Waals surface area (Å²) >= 11 is 0. The smallest absolute Gasteiger partial charge is 0.330 e. The Hall–Kier alpha value is -0.830. The van der Waals surface area contributed by atoms with Gasteiger partial charge in [0.2, 0.25) is 0 Å². The molecule has 1 N–H and O–H groups in total. The van der Waals surface area contributed by atoms with Crippen molar-refractivity contribution in [1.82, 2.24) is 0 Å². The minimum atomic E-state index is -0.322. The normalized spacial score (nSPS) is 10.5. The number of hydrogen-bond donors (Lipinski definition) is 1. The molecule has 0 aromatic rings. The minimum Gasteiger partial charge on any atom is -0.463 e. The van der Waals surface area contributed by atoms with Gasteiger partial charge in [0.05, 0.1) is 6.61 Å². The van der Waals surface area contributed by atoms with Crippen LogP contribution in [0.1, 0.15) is 26.2 Å². The number of aliphatic hydroxyl groups excluding tert-OH is 1. The lowest BCUT2D eigenvalue weighted by Gasteiger charge is -1.98. The van der Waals surface area contributed by atoms with Crippen molar-refractivity contribution >= 4 is 5.97 Å². The van der Waals surface area contributed by atoms with Crippen LogP contribution >= 0.6 is 0 Å². The van der Waals surface area contributed by atoms with Crippen molar-refractivity contribution < 1.29 is 14.6 Å². The molecule has 3 nitrogen and oxygen atoms in total. The Kier molecular flexibility index (Phi) is 7.70. The summed E-state index contributed by atoms with van der Waals surface area (Å²) in [5.41, 5.74) is 0. The van der Waals surface area contributed by atoms with Crippen LogP contribution in [-0.4, -0.2) is 24.3 Å². The first kappa shape index (κ1) is 11.2. The molecule has 3 heteroatoms. The van der Waals surface area contributed by atoms with Crippen LogP contribution in [0.15, 0.2) is 12.2 Å². The standard InChI is InChI=1S/C9H16O3/c1-2-3-8-12-9(11)6-4-5-7-10/h4,6,10H,2-3,5,7-8H2,1H3/b6-4+. The van der Waals surface area contributed by atoms with Gasteiger partial charge >= 0.3 is 5.97 Å². The molecular formula is C9H16O3. The molecule has 0 atom stereocenters. The second-order valence-electron chi connectivity index (χ2n) is 2.44. The van der Waals surface area contributed by atoms with Crippen molar-refractivity contribution in [1.29, 1.82) is 0 Å². The van der Waals surface area contributed by atoms with Crippen LogP contribution in [-0.2, 0) is 9.53 Å². The summed E-state index contributed by atoms with van der Waals surface area (Å²) < 4.78 is 4.82. The summed E-state index contributed by atoms with van der Waals surface area (Å²) in [6, 6.07) is 0. The molecule has 0 bridgehead atoms. The highest BCUT2D eigenvalue weighted by atomic mass is 16.5. The Morgan fingerprint density at radius 3 is 2.92 bits per heavy atom. The van der Waals surface area contributed by atoms with E-state index in [1.165, 1.54) is 6.08 Å². The summed E-state index contributed by atoms with van der Waals surface area (Å²) in [7, 11) is 0. The number of carbonyl (C=O) groups is 1. The van der Waals surface area contributed by atoms with Gasteiger partial charge in [0.15, 0.2) is 0 Å². The number of hydrogen-bond acceptors (Lipinski definition) is 3. The summed E-state index contributed by atoms with van der Waals surface area (Å²) in [5.74, 6) is -0.322. The molecule has 0 unspecified atom stereocenters. The van der Waals surface area contributed by atoms with Crippen LogP contribution in [0.2, 0.25) is 0 Å². The third kappa shape index (κ3) is 7.28. The molecule has 0 aliphatic carbocycles. The van der Waals surface area contributed by atoms with Crippen molar-refractivity contribution in [3.63, 3.8) is 0 Å². The summed E-state index contributed by atoms with van der Waals surface area (Å²) in [4.78, 5) is 10.8. The van der Waals surface area contributed by atoms with Crippen molar-refractivity contribution in [3.05, 3.63) is 12.2 Å². The van der Waals surface area contributed by atoms with Crippen molar-refractivity contribution in [3.8, 4) is 0 Å². The van der Waals surface area contributed by atoms with Gasteiger partial charge in [0.1, 0.15) is 0 Å². The molecule has 0 rings (SSSR count). The van der Waals surface area contributed by atoms with E-state index in [9.17, 15) is 4.79 Å². The zero-order valence-electron chi connectivity index (χ0n) is 7.45. The fourth-order valence-electron chi connectivity index (χ4n) is 0.619. The van der Waals surface area contributed by atoms with Gasteiger partial charge in [0.25, 0.3) is 0 Å². The maximum atomic E-state index is 10.8. The van der Waals surface area contributed by atoms with Crippen LogP contribution in [0.3, 0.4) is 0 Å². The topological polar surface area (TPSA) is 46.5 Å². The molecule has 0 heterocycles. The van der Waals surface area contributed by atoms with Crippen LogP contribution in [0.25, 0.3) is 0 Å². The Balaban J connectivity index is 3.33. The third-order valence-corrected chi connectivity index (χ3v) is 1.29. The second-order valence-corrected chi connectivity index (χ2v) is 2.44. The van der Waals surface area contributed by atoms with Crippen LogP contribution in [0.5, 0.6) is 0 Å². The van der Waals surface area contributed by atoms with Crippen LogP contribution in [0, 0.1) is 0 Å². The Morgan fingerprint density at radius 1 is 1.58 bits per heavy atom. The van der Waals surface area contributed by atoms with Gasteiger partial charge in [-0.05, 0) is 12.8 Å². The molecule has 0 aromatic carbocycles. The Bertz CT molecular complexity index is 141. The lowest BCUT2D eigenvalue weighted by atomic mass is 10.3. The molecule has 0 aliphatic heterocycles. The number of unbranched alkanes of at least 4 members (excludes halogenated alkanes) is 1. The van der Waals surface area contributed by atoms with E-state index in [4.69, 9.17) is 9.84 Å². The van der Waals surface area contributed by atoms with E-state index in [1.54, 1.807) is 6.08 Å². The van der Waals surface area contributed by atoms with Crippen molar-refractivity contribution in [2.24, 2.45) is 0 Å². The maximum absolute atomic E-state index is 10.8. The molecule has 0 saturated carbocycles. The molecule has 0 spiro atoms. The van der Waals surface area contributed by atoms with Gasteiger partial charge in [0, 0.05) is 12.7 Å². The van der Waals surface area contributed by atoms with Gasteiger partial charge < -0.3 is 9.84 Å². The predicted molar refractivity (Wildman–Crippen MR) is 46.7 cm³/mol. The summed E-state index contributed by atoms with van der Waals surface area (Å²) in [5, 5.41) is 8.39. The number of aliphatic hydroxyl groups is 1. The van der Waals surface area contributed by atoms with Gasteiger partial charge in [-0.1, -0.05) is 19.4 Å². The van der Waals surface area contributed by atoms with Crippen molar-refractivity contribution in [2.45, 2.75) is 26.2 Å². The lowest BCUT2D eigenvalue weighted by Crippen LogP contribution is -2.01. The Labute approximate surface area is 73.0 Å². The molecule has 12 heavy (non-hydrogen) atoms. The highest BCUT2D eigenvalue weighted by molar-refractivity contribution is 5.81. The molecule has 0 aromatic heterocycles. The molecule has 0 radical (unpaired) electrons. The van der Waals surface area contributed by atoms with Gasteiger partial charge in [-0.2, -0.15) is 0 Å². The number of esters is 1. The first-order chi connectivity index (χ1) is 5.81. The summed E-state index contributed by atoms with van der Waals surface area (Å²) in [6.07, 6.45) is 5.39. The monoisotopic (exact) mass is 172 g/mol. The average molecular weight is 172 g/mol. The fraction of sp³-hybridized carbons (Fsp3) is 0.667. The molecule has 70 valence electrons. The first-order valence-electron chi connectivity index (χ1n) is 4.25. The second kappa shape index (κ2) is 8.27. The lowest BCUT2D eigenvalue weighted by molar-refractivity contribution is -0.137. The van der Waals surface area contributed by atoms with Gasteiger partial charge in [-0.15, -0.1) is 0 Å². The highest BCUT2D eigenvalue weighted by Crippen LogP contribution is 1.90. The molecule has 0 saturated heterocycles. The average Bonchev–Trinajstić information content (AvgIpc) is 2.06. The zero-order chi connectivity index (χ0) is 9.23. The molecule has 0 fully saturated rings. The van der Waals surface area contributed by atoms with Crippen LogP contribution in [0.4, 0.5) is 0 Å². The Morgan fingerprint density at radius 2 is 2.33 bits per heavy atom. The quantitative estimate of drug-likeness (QED) is 0.373. The largest absolute Gasteiger partial charge is 0.463 e. The first-order valence-corrected chi connectivity index (χ1v) is 4.25. The van der Waals surface area contributed by atoms with Gasteiger partial charge in [-0.25, -0.2) is 4.79 Å². The van der Waals surface area contributed by atoms with E-state index in [1.807, 2.05) is 6.92 Å². The van der Waals surface area contributed by atoms with E-state index in [0.717, 1.165) is 12.8 Å². The SMILES string of the molecule is CCCCOC(=O)/C=C/CCO. The third-order valence-electron chi connectivity index (χ3n) is 1.29. The maximum Gasteiger partial charge on any atom is 0.330 e. The van der Waals surface area contributed by atoms with E-state index < -0.39 is 0 Å². The van der Waals surface area contributed by atoms with E-state index in [-0.39, 0.29) is 12.6 Å². The fourth-order valence-corrected chi connectivity index (χ4v) is 0.619. The molecule has 0 aliphatic rings. The van der Waals surface area contributed by atoms with Crippen LogP contribution < -0.4 is 0 Å². The van der Waals surface area contributed by atoms with E-state index >= 15 is 0 Å². The minimum absolute atomic E-state index is 0.0682. The molecule has 0 amide bonds. The van der Waals surface area contributed by atoms with E-state index in [0.29, 0.717) is 13.0 Å². The zero-order valence-corrected chi connectivity index (χ0v) is 7.45. The highest BCUT2D eigenvalue weighted by Gasteiger charge is 1.93. The van der Waals surface area contributed by atoms with E-state index in [2.05, 4.69) is 0 Å². The number of ether oxygens (including phenoxy) is 1. The predicted octanol–water partition coefficient (Wildman–Crippen LogP) is 1.27. The number of rotatable bonds is 6.